The number of hydrogen-bond donors (Lipinski definition) is 2. The molecule has 5 atom stereocenters. The molecule has 0 aliphatic carbocycles. The zero-order valence-electron chi connectivity index (χ0n) is 9.51. The van der Waals surface area contributed by atoms with Crippen molar-refractivity contribution in [3.63, 3.8) is 0 Å². The normalized spacial score (nSPS) is 43.1. The van der Waals surface area contributed by atoms with Crippen molar-refractivity contribution in [1.29, 1.82) is 0 Å². The summed E-state index contributed by atoms with van der Waals surface area (Å²) in [5, 5.41) is 19.5. The largest absolute Gasteiger partial charge is 0.393 e. The zero-order valence-corrected chi connectivity index (χ0v) is 9.51. The van der Waals surface area contributed by atoms with Crippen LogP contribution in [-0.4, -0.2) is 56.1 Å². The third-order valence-corrected chi connectivity index (χ3v) is 3.37. The molecule has 1 aliphatic heterocycles. The molecule has 15 heavy (non-hydrogen) atoms. The van der Waals surface area contributed by atoms with Crippen LogP contribution in [0.5, 0.6) is 0 Å². The van der Waals surface area contributed by atoms with Crippen LogP contribution in [0.1, 0.15) is 13.8 Å². The van der Waals surface area contributed by atoms with Crippen LogP contribution >= 0.6 is 0 Å². The Morgan fingerprint density at radius 3 is 2.53 bits per heavy atom. The molecule has 1 fully saturated rings. The van der Waals surface area contributed by atoms with Gasteiger partial charge in [-0.2, -0.15) is 0 Å². The van der Waals surface area contributed by atoms with Gasteiger partial charge >= 0.3 is 0 Å². The molecule has 2 N–H and O–H groups in total. The fourth-order valence-corrected chi connectivity index (χ4v) is 2.14. The second-order valence-corrected chi connectivity index (χ2v) is 4.36. The molecule has 0 bridgehead atoms. The molecule has 0 saturated carbocycles. The molecule has 0 aromatic carbocycles. The maximum Gasteiger partial charge on any atom is 0.121 e. The molecular formula is C10H19BO4. The maximum atomic E-state index is 10.1. The number of aliphatic hydroxyl groups is 2. The van der Waals surface area contributed by atoms with Crippen molar-refractivity contribution in [2.75, 3.05) is 20.3 Å². The summed E-state index contributed by atoms with van der Waals surface area (Å²) in [5.74, 6) is -0.296. The Hall–Kier alpha value is -0.0951. The molecule has 86 valence electrons. The molecule has 0 spiro atoms. The Balaban J connectivity index is 2.85. The first-order valence-electron chi connectivity index (χ1n) is 5.21. The monoisotopic (exact) mass is 214 g/mol. The van der Waals surface area contributed by atoms with E-state index in [9.17, 15) is 10.2 Å². The van der Waals surface area contributed by atoms with Gasteiger partial charge in [0.15, 0.2) is 0 Å². The van der Waals surface area contributed by atoms with E-state index in [2.05, 4.69) is 0 Å². The minimum absolute atomic E-state index is 0.113. The zero-order chi connectivity index (χ0) is 11.6. The van der Waals surface area contributed by atoms with Crippen LogP contribution in [0.25, 0.3) is 0 Å². The van der Waals surface area contributed by atoms with Crippen molar-refractivity contribution in [3.05, 3.63) is 0 Å². The summed E-state index contributed by atoms with van der Waals surface area (Å²) < 4.78 is 10.6. The summed E-state index contributed by atoms with van der Waals surface area (Å²) in [7, 11) is 7.30. The molecule has 2 radical (unpaired) electrons. The van der Waals surface area contributed by atoms with Crippen LogP contribution in [-0.2, 0) is 9.47 Å². The second kappa shape index (κ2) is 4.83. The Labute approximate surface area is 92.0 Å². The van der Waals surface area contributed by atoms with Crippen LogP contribution in [0.3, 0.4) is 0 Å². The number of rotatable bonds is 4. The van der Waals surface area contributed by atoms with Gasteiger partial charge in [-0.1, -0.05) is 13.8 Å². The second-order valence-electron chi connectivity index (χ2n) is 4.36. The van der Waals surface area contributed by atoms with Crippen molar-refractivity contribution in [1.82, 2.24) is 0 Å². The Kier molecular flexibility index (Phi) is 4.17. The van der Waals surface area contributed by atoms with Gasteiger partial charge in [0, 0.05) is 24.9 Å². The van der Waals surface area contributed by atoms with Gasteiger partial charge in [-0.3, -0.25) is 0 Å². The van der Waals surface area contributed by atoms with E-state index in [4.69, 9.17) is 17.3 Å². The van der Waals surface area contributed by atoms with E-state index in [1.165, 1.54) is 0 Å². The van der Waals surface area contributed by atoms with E-state index in [1.54, 1.807) is 7.11 Å². The van der Waals surface area contributed by atoms with Crippen LogP contribution < -0.4 is 0 Å². The van der Waals surface area contributed by atoms with Gasteiger partial charge in [0.2, 0.25) is 0 Å². The highest BCUT2D eigenvalue weighted by atomic mass is 16.5. The Morgan fingerprint density at radius 2 is 2.20 bits per heavy atom. The van der Waals surface area contributed by atoms with Gasteiger partial charge in [0.25, 0.3) is 0 Å². The van der Waals surface area contributed by atoms with Gasteiger partial charge in [-0.25, -0.2) is 0 Å². The number of methoxy groups -OCH3 is 1. The quantitative estimate of drug-likeness (QED) is 0.620. The third kappa shape index (κ3) is 2.06. The van der Waals surface area contributed by atoms with Crippen molar-refractivity contribution in [2.24, 2.45) is 11.8 Å². The fourth-order valence-electron chi connectivity index (χ4n) is 2.14. The molecule has 1 heterocycles. The molecule has 0 amide bonds. The molecule has 1 unspecified atom stereocenters. The van der Waals surface area contributed by atoms with Crippen molar-refractivity contribution >= 4 is 7.85 Å². The summed E-state index contributed by atoms with van der Waals surface area (Å²) in [4.78, 5) is 0. The minimum atomic E-state index is -0.991. The van der Waals surface area contributed by atoms with Crippen LogP contribution in [0.15, 0.2) is 0 Å². The van der Waals surface area contributed by atoms with E-state index in [0.29, 0.717) is 6.61 Å². The van der Waals surface area contributed by atoms with Crippen molar-refractivity contribution < 1.29 is 19.7 Å². The molecule has 1 saturated heterocycles. The van der Waals surface area contributed by atoms with E-state index in [-0.39, 0.29) is 18.4 Å². The van der Waals surface area contributed by atoms with Gasteiger partial charge < -0.3 is 19.7 Å². The van der Waals surface area contributed by atoms with Crippen molar-refractivity contribution in [3.8, 4) is 0 Å². The minimum Gasteiger partial charge on any atom is -0.393 e. The van der Waals surface area contributed by atoms with Gasteiger partial charge in [0.1, 0.15) is 13.4 Å². The van der Waals surface area contributed by atoms with E-state index >= 15 is 0 Å². The lowest BCUT2D eigenvalue weighted by molar-refractivity contribution is -0.141. The lowest BCUT2D eigenvalue weighted by Gasteiger charge is -2.36. The van der Waals surface area contributed by atoms with Crippen LogP contribution in [0.2, 0.25) is 0 Å². The SMILES string of the molecule is [B][C@@H]1O[C@@](CO)(C(C)COC)[C@@H](O)[C@H]1C. The van der Waals surface area contributed by atoms with E-state index in [0.717, 1.165) is 0 Å². The predicted octanol–water partition coefficient (Wildman–Crippen LogP) is -0.478. The van der Waals surface area contributed by atoms with E-state index < -0.39 is 17.7 Å². The summed E-state index contributed by atoms with van der Waals surface area (Å²) in [5.41, 5.74) is -0.991. The molecule has 5 heteroatoms. The molecule has 1 aliphatic rings. The smallest absolute Gasteiger partial charge is 0.121 e. The number of hydrogen-bond acceptors (Lipinski definition) is 4. The summed E-state index contributed by atoms with van der Waals surface area (Å²) in [6.07, 6.45) is -0.761. The highest BCUT2D eigenvalue weighted by Gasteiger charge is 2.53. The predicted molar refractivity (Wildman–Crippen MR) is 56.7 cm³/mol. The highest BCUT2D eigenvalue weighted by Crippen LogP contribution is 2.39. The first kappa shape index (κ1) is 13.0. The van der Waals surface area contributed by atoms with Crippen molar-refractivity contribution in [2.45, 2.75) is 31.6 Å². The summed E-state index contributed by atoms with van der Waals surface area (Å²) in [6.45, 7) is 3.84. The molecule has 1 rings (SSSR count). The lowest BCUT2D eigenvalue weighted by Crippen LogP contribution is -2.51. The fraction of sp³-hybridized carbons (Fsp3) is 1.00. The van der Waals surface area contributed by atoms with Crippen LogP contribution in [0, 0.1) is 11.8 Å². The number of ether oxygens (including phenoxy) is 2. The summed E-state index contributed by atoms with van der Waals surface area (Å²) in [6, 6.07) is -0.536. The lowest BCUT2D eigenvalue weighted by atomic mass is 9.79. The average Bonchev–Trinajstić information content (AvgIpc) is 2.44. The topological polar surface area (TPSA) is 58.9 Å². The maximum absolute atomic E-state index is 10.1. The number of aliphatic hydroxyl groups excluding tert-OH is 2. The highest BCUT2D eigenvalue weighted by molar-refractivity contribution is 6.11. The summed E-state index contributed by atoms with van der Waals surface area (Å²) >= 11 is 0. The standard InChI is InChI=1S/C10H19BO4/c1-6(4-14-3)10(5-12)8(13)7(2)9(11)15-10/h6-9,12-13H,4-5H2,1-3H3/t6?,7-,8+,9-,10+/m1/s1. The van der Waals surface area contributed by atoms with Gasteiger partial charge in [-0.15, -0.1) is 0 Å². The van der Waals surface area contributed by atoms with Gasteiger partial charge in [-0.05, 0) is 0 Å². The Bertz CT molecular complexity index is 214. The first-order chi connectivity index (χ1) is 6.99. The van der Waals surface area contributed by atoms with E-state index in [1.807, 2.05) is 13.8 Å². The van der Waals surface area contributed by atoms with Crippen LogP contribution in [0.4, 0.5) is 0 Å². The molecule has 0 aromatic heterocycles. The average molecular weight is 214 g/mol. The Morgan fingerprint density at radius 1 is 1.60 bits per heavy atom. The molecule has 0 aromatic rings. The third-order valence-electron chi connectivity index (χ3n) is 3.37. The van der Waals surface area contributed by atoms with Gasteiger partial charge in [0.05, 0.1) is 19.3 Å². The molecular weight excluding hydrogens is 195 g/mol. The molecule has 4 nitrogen and oxygen atoms in total. The first-order valence-corrected chi connectivity index (χ1v) is 5.21.